The summed E-state index contributed by atoms with van der Waals surface area (Å²) in [5.41, 5.74) is 7.36. The normalized spacial score (nSPS) is 20.0. The monoisotopic (exact) mass is 291 g/mol. The zero-order valence-electron chi connectivity index (χ0n) is 13.1. The molecule has 0 spiro atoms. The van der Waals surface area contributed by atoms with Crippen molar-refractivity contribution in [3.63, 3.8) is 0 Å². The Hall–Kier alpha value is -1.82. The lowest BCUT2D eigenvalue weighted by Gasteiger charge is -2.29. The molecule has 0 bridgehead atoms. The van der Waals surface area contributed by atoms with Crippen molar-refractivity contribution < 1.29 is 5.21 Å². The third-order valence-electron chi connectivity index (χ3n) is 4.15. The highest BCUT2D eigenvalue weighted by molar-refractivity contribution is 6.01. The van der Waals surface area contributed by atoms with Gasteiger partial charge in [0, 0.05) is 25.3 Å². The number of likely N-dealkylation sites (tertiary alicyclic amines) is 1. The molecule has 1 saturated heterocycles. The first kappa shape index (κ1) is 15.6. The Morgan fingerprint density at radius 2 is 2.33 bits per heavy atom. The Bertz CT molecular complexity index is 517. The topological polar surface area (TPSA) is 78.0 Å². The zero-order valence-corrected chi connectivity index (χ0v) is 13.1. The van der Waals surface area contributed by atoms with E-state index < -0.39 is 0 Å². The first-order valence-corrected chi connectivity index (χ1v) is 7.47. The highest BCUT2D eigenvalue weighted by Crippen LogP contribution is 2.22. The summed E-state index contributed by atoms with van der Waals surface area (Å²) in [6.07, 6.45) is 2.46. The number of oxime groups is 1. The van der Waals surface area contributed by atoms with Gasteiger partial charge in [-0.3, -0.25) is 4.90 Å². The molecule has 1 aliphatic rings. The van der Waals surface area contributed by atoms with Crippen molar-refractivity contribution in [3.8, 4) is 0 Å². The number of nitrogens with zero attached hydrogens (tertiary/aromatic N) is 4. The molecule has 1 fully saturated rings. The van der Waals surface area contributed by atoms with Crippen LogP contribution in [0.1, 0.15) is 31.0 Å². The maximum Gasteiger partial charge on any atom is 0.173 e. The molecule has 6 heteroatoms. The van der Waals surface area contributed by atoms with E-state index in [1.807, 2.05) is 26.1 Å². The first-order valence-electron chi connectivity index (χ1n) is 7.47. The van der Waals surface area contributed by atoms with Crippen LogP contribution in [0.4, 0.5) is 5.82 Å². The van der Waals surface area contributed by atoms with Crippen LogP contribution in [0.5, 0.6) is 0 Å². The second-order valence-corrected chi connectivity index (χ2v) is 5.61. The van der Waals surface area contributed by atoms with Gasteiger partial charge in [-0.15, -0.1) is 0 Å². The van der Waals surface area contributed by atoms with Crippen molar-refractivity contribution >= 4 is 11.7 Å². The number of anilines is 1. The number of nitrogens with two attached hydrogens (primary N) is 1. The number of amidine groups is 1. The van der Waals surface area contributed by atoms with Crippen LogP contribution >= 0.6 is 0 Å². The highest BCUT2D eigenvalue weighted by atomic mass is 16.4. The van der Waals surface area contributed by atoms with Crippen molar-refractivity contribution in [3.05, 3.63) is 23.4 Å². The van der Waals surface area contributed by atoms with E-state index in [9.17, 15) is 0 Å². The van der Waals surface area contributed by atoms with Crippen molar-refractivity contribution in [2.24, 2.45) is 10.9 Å². The van der Waals surface area contributed by atoms with Crippen LogP contribution in [0.25, 0.3) is 0 Å². The molecule has 6 nitrogen and oxygen atoms in total. The Balaban J connectivity index is 2.22. The van der Waals surface area contributed by atoms with E-state index in [4.69, 9.17) is 10.9 Å². The summed E-state index contributed by atoms with van der Waals surface area (Å²) >= 11 is 0. The third-order valence-corrected chi connectivity index (χ3v) is 4.15. The van der Waals surface area contributed by atoms with Gasteiger partial charge in [0.15, 0.2) is 5.84 Å². The number of pyridine rings is 1. The molecule has 1 aromatic rings. The number of hydrogen-bond donors (Lipinski definition) is 2. The number of rotatable bonds is 5. The van der Waals surface area contributed by atoms with Gasteiger partial charge in [-0.25, -0.2) is 4.98 Å². The van der Waals surface area contributed by atoms with E-state index >= 15 is 0 Å². The average molecular weight is 291 g/mol. The van der Waals surface area contributed by atoms with E-state index in [0.29, 0.717) is 11.6 Å². The number of likely N-dealkylation sites (N-methyl/N-ethyl adjacent to an activating group) is 2. The van der Waals surface area contributed by atoms with Crippen molar-refractivity contribution in [1.82, 2.24) is 9.88 Å². The van der Waals surface area contributed by atoms with Crippen LogP contribution in [0.3, 0.4) is 0 Å². The summed E-state index contributed by atoms with van der Waals surface area (Å²) in [5.74, 6) is 0.872. The molecule has 1 aliphatic heterocycles. The van der Waals surface area contributed by atoms with Crippen molar-refractivity contribution in [2.45, 2.75) is 32.7 Å². The predicted molar refractivity (Wildman–Crippen MR) is 85.0 cm³/mol. The molecule has 116 valence electrons. The first-order chi connectivity index (χ1) is 10.1. The van der Waals surface area contributed by atoms with Crippen molar-refractivity contribution in [2.75, 3.05) is 31.6 Å². The van der Waals surface area contributed by atoms with Gasteiger partial charge in [0.1, 0.15) is 5.82 Å². The molecule has 0 aromatic carbocycles. The van der Waals surface area contributed by atoms with Gasteiger partial charge >= 0.3 is 0 Å². The van der Waals surface area contributed by atoms with Gasteiger partial charge in [-0.05, 0) is 45.0 Å². The van der Waals surface area contributed by atoms with Gasteiger partial charge in [-0.2, -0.15) is 0 Å². The van der Waals surface area contributed by atoms with Gasteiger partial charge < -0.3 is 15.8 Å². The van der Waals surface area contributed by atoms with Crippen LogP contribution in [-0.2, 0) is 0 Å². The van der Waals surface area contributed by atoms with Crippen LogP contribution in [0, 0.1) is 6.92 Å². The lowest BCUT2D eigenvalue weighted by molar-refractivity contribution is 0.270. The standard InChI is InChI=1S/C15H25N5O/c1-4-20-9-5-6-12(20)10-19(3)15-13(14(16)18-21)8-7-11(2)17-15/h7-8,12,21H,4-6,9-10H2,1-3H3,(H2,16,18). The summed E-state index contributed by atoms with van der Waals surface area (Å²) in [4.78, 5) is 9.18. The molecular formula is C15H25N5O. The summed E-state index contributed by atoms with van der Waals surface area (Å²) in [6.45, 7) is 7.29. The molecule has 0 aliphatic carbocycles. The molecule has 0 amide bonds. The van der Waals surface area contributed by atoms with Gasteiger partial charge in [0.25, 0.3) is 0 Å². The largest absolute Gasteiger partial charge is 0.409 e. The smallest absolute Gasteiger partial charge is 0.173 e. The quantitative estimate of drug-likeness (QED) is 0.371. The molecule has 2 heterocycles. The van der Waals surface area contributed by atoms with Gasteiger partial charge in [0.2, 0.25) is 0 Å². The minimum Gasteiger partial charge on any atom is -0.409 e. The summed E-state index contributed by atoms with van der Waals surface area (Å²) in [5, 5.41) is 12.0. The van der Waals surface area contributed by atoms with Gasteiger partial charge in [-0.1, -0.05) is 12.1 Å². The zero-order chi connectivity index (χ0) is 15.4. The lowest BCUT2D eigenvalue weighted by atomic mass is 10.1. The minimum absolute atomic E-state index is 0.100. The van der Waals surface area contributed by atoms with Crippen LogP contribution in [-0.4, -0.2) is 53.7 Å². The average Bonchev–Trinajstić information content (AvgIpc) is 2.93. The highest BCUT2D eigenvalue weighted by Gasteiger charge is 2.25. The van der Waals surface area contributed by atoms with Crippen LogP contribution in [0.15, 0.2) is 17.3 Å². The fourth-order valence-electron chi connectivity index (χ4n) is 3.01. The molecule has 1 atom stereocenters. The van der Waals surface area contributed by atoms with E-state index in [-0.39, 0.29) is 5.84 Å². The Morgan fingerprint density at radius 1 is 1.57 bits per heavy atom. The maximum atomic E-state index is 8.94. The lowest BCUT2D eigenvalue weighted by Crippen LogP contribution is -2.39. The minimum atomic E-state index is 0.100. The van der Waals surface area contributed by atoms with E-state index in [0.717, 1.165) is 24.6 Å². The molecule has 3 N–H and O–H groups in total. The van der Waals surface area contributed by atoms with Crippen molar-refractivity contribution in [1.29, 1.82) is 0 Å². The summed E-state index contributed by atoms with van der Waals surface area (Å²) < 4.78 is 0. The number of hydrogen-bond acceptors (Lipinski definition) is 5. The van der Waals surface area contributed by atoms with E-state index in [1.165, 1.54) is 19.4 Å². The third kappa shape index (κ3) is 3.44. The Labute approximate surface area is 126 Å². The Kier molecular flexibility index (Phi) is 5.01. The van der Waals surface area contributed by atoms with Crippen LogP contribution < -0.4 is 10.6 Å². The molecular weight excluding hydrogens is 266 g/mol. The SMILES string of the molecule is CCN1CCCC1CN(C)c1nc(C)ccc1C(N)=NO. The molecule has 1 aromatic heterocycles. The summed E-state index contributed by atoms with van der Waals surface area (Å²) in [6, 6.07) is 4.27. The fraction of sp³-hybridized carbons (Fsp3) is 0.600. The second kappa shape index (κ2) is 6.76. The molecule has 1 unspecified atom stereocenters. The fourth-order valence-corrected chi connectivity index (χ4v) is 3.01. The van der Waals surface area contributed by atoms with E-state index in [1.54, 1.807) is 0 Å². The van der Waals surface area contributed by atoms with Gasteiger partial charge in [0.05, 0.1) is 5.56 Å². The van der Waals surface area contributed by atoms with E-state index in [2.05, 4.69) is 26.9 Å². The van der Waals surface area contributed by atoms with Crippen LogP contribution in [0.2, 0.25) is 0 Å². The number of aromatic nitrogens is 1. The maximum absolute atomic E-state index is 8.94. The summed E-state index contributed by atoms with van der Waals surface area (Å²) in [7, 11) is 2.02. The molecule has 21 heavy (non-hydrogen) atoms. The predicted octanol–water partition coefficient (Wildman–Crippen LogP) is 1.41. The second-order valence-electron chi connectivity index (χ2n) is 5.61. The number of aryl methyl sites for hydroxylation is 1. The molecule has 0 saturated carbocycles. The Morgan fingerprint density at radius 3 is 3.00 bits per heavy atom. The molecule has 2 rings (SSSR count). The molecule has 0 radical (unpaired) electrons.